The summed E-state index contributed by atoms with van der Waals surface area (Å²) in [4.78, 5) is 29.5. The highest BCUT2D eigenvalue weighted by molar-refractivity contribution is 7.22. The molecule has 2 aromatic heterocycles. The molecule has 222 valence electrons. The van der Waals surface area contributed by atoms with Crippen LogP contribution in [0.25, 0.3) is 32.7 Å². The van der Waals surface area contributed by atoms with Crippen molar-refractivity contribution >= 4 is 38.5 Å². The van der Waals surface area contributed by atoms with Crippen molar-refractivity contribution in [1.82, 2.24) is 14.8 Å². The number of nitrogens with zero attached hydrogens (tertiary/aromatic N) is 3. The number of carbonyl (C=O) groups is 2. The van der Waals surface area contributed by atoms with Gasteiger partial charge in [-0.2, -0.15) is 9.78 Å². The van der Waals surface area contributed by atoms with Gasteiger partial charge in [0.05, 0.1) is 50.0 Å². The summed E-state index contributed by atoms with van der Waals surface area (Å²) in [7, 11) is 6.02. The lowest BCUT2D eigenvalue weighted by atomic mass is 10.1. The van der Waals surface area contributed by atoms with E-state index < -0.39 is 11.7 Å². The second kappa shape index (κ2) is 12.4. The molecule has 5 aromatic rings. The predicted molar refractivity (Wildman–Crippen MR) is 159 cm³/mol. The van der Waals surface area contributed by atoms with Crippen LogP contribution in [0.3, 0.4) is 0 Å². The standard InChI is InChI=1S/C30H27FN4O7S/c1-16(36)35-22(14-20(34-35)18-11-25(39-3)29(41-5)26(12-18)40-4)17-6-8-23(38-2)24(10-17)42-15-28(37)33-30-32-21-13-19(31)7-9-27(21)43-30/h6-14H,15H2,1-5H3,(H,32,33,37). The van der Waals surface area contributed by atoms with E-state index in [0.29, 0.717) is 56.2 Å². The first kappa shape index (κ1) is 29.3. The maximum absolute atomic E-state index is 13.5. The lowest BCUT2D eigenvalue weighted by Gasteiger charge is -2.13. The largest absolute Gasteiger partial charge is 0.493 e. The zero-order valence-corrected chi connectivity index (χ0v) is 24.7. The molecular formula is C30H27FN4O7S. The first-order chi connectivity index (χ1) is 20.7. The monoisotopic (exact) mass is 606 g/mol. The van der Waals surface area contributed by atoms with Gasteiger partial charge < -0.3 is 23.7 Å². The molecule has 5 rings (SSSR count). The minimum Gasteiger partial charge on any atom is -0.493 e. The molecule has 0 saturated heterocycles. The molecule has 0 spiro atoms. The van der Waals surface area contributed by atoms with Gasteiger partial charge in [-0.3, -0.25) is 14.9 Å². The molecule has 0 aliphatic carbocycles. The van der Waals surface area contributed by atoms with E-state index >= 15 is 0 Å². The third-order valence-electron chi connectivity index (χ3n) is 6.38. The lowest BCUT2D eigenvalue weighted by Crippen LogP contribution is -2.20. The number of hydrogen-bond acceptors (Lipinski definition) is 10. The third kappa shape index (κ3) is 6.06. The van der Waals surface area contributed by atoms with E-state index in [0.717, 1.165) is 4.70 Å². The topological polar surface area (TPSA) is 123 Å². The molecule has 1 N–H and O–H groups in total. The number of amides is 1. The number of aromatic nitrogens is 3. The number of anilines is 1. The maximum atomic E-state index is 13.5. The van der Waals surface area contributed by atoms with Crippen molar-refractivity contribution in [2.24, 2.45) is 0 Å². The smallest absolute Gasteiger partial charge is 0.264 e. The average Bonchev–Trinajstić information content (AvgIpc) is 3.63. The van der Waals surface area contributed by atoms with Gasteiger partial charge in [0.2, 0.25) is 11.7 Å². The molecule has 0 bridgehead atoms. The molecule has 11 nitrogen and oxygen atoms in total. The summed E-state index contributed by atoms with van der Waals surface area (Å²) in [6, 6.07) is 14.5. The SMILES string of the molecule is COc1ccc(-c2cc(-c3cc(OC)c(OC)c(OC)c3)nn2C(C)=O)cc1OCC(=O)Nc1nc2cc(F)ccc2s1. The summed E-state index contributed by atoms with van der Waals surface area (Å²) in [5, 5.41) is 7.52. The first-order valence-corrected chi connectivity index (χ1v) is 13.6. The summed E-state index contributed by atoms with van der Waals surface area (Å²) in [5.41, 5.74) is 2.64. The molecule has 0 unspecified atom stereocenters. The van der Waals surface area contributed by atoms with Crippen molar-refractivity contribution in [2.75, 3.05) is 40.4 Å². The number of methoxy groups -OCH3 is 4. The van der Waals surface area contributed by atoms with Crippen LogP contribution in [0.1, 0.15) is 11.7 Å². The quantitative estimate of drug-likeness (QED) is 0.214. The van der Waals surface area contributed by atoms with E-state index in [9.17, 15) is 14.0 Å². The molecule has 13 heteroatoms. The minimum atomic E-state index is -0.467. The second-order valence-electron chi connectivity index (χ2n) is 9.09. The van der Waals surface area contributed by atoms with E-state index in [1.807, 2.05) is 0 Å². The normalized spacial score (nSPS) is 10.8. The number of nitrogens with one attached hydrogen (secondary N) is 1. The van der Waals surface area contributed by atoms with Crippen LogP contribution < -0.4 is 29.0 Å². The summed E-state index contributed by atoms with van der Waals surface area (Å²) in [5.74, 6) is 0.760. The third-order valence-corrected chi connectivity index (χ3v) is 7.33. The number of ether oxygens (including phenoxy) is 5. The van der Waals surface area contributed by atoms with Crippen molar-refractivity contribution in [3.63, 3.8) is 0 Å². The van der Waals surface area contributed by atoms with E-state index in [1.54, 1.807) is 42.5 Å². The van der Waals surface area contributed by atoms with Crippen molar-refractivity contribution in [1.29, 1.82) is 0 Å². The molecule has 0 fully saturated rings. The van der Waals surface area contributed by atoms with Crippen LogP contribution in [-0.4, -0.2) is 61.6 Å². The fraction of sp³-hybridized carbons (Fsp3) is 0.200. The zero-order chi connectivity index (χ0) is 30.7. The maximum Gasteiger partial charge on any atom is 0.264 e. The first-order valence-electron chi connectivity index (χ1n) is 12.8. The molecule has 0 aliphatic rings. The van der Waals surface area contributed by atoms with Gasteiger partial charge in [0, 0.05) is 24.1 Å². The Kier molecular flexibility index (Phi) is 8.44. The van der Waals surface area contributed by atoms with Crippen LogP contribution in [0.2, 0.25) is 0 Å². The van der Waals surface area contributed by atoms with Gasteiger partial charge in [0.1, 0.15) is 5.82 Å². The Bertz CT molecular complexity index is 1810. The van der Waals surface area contributed by atoms with Crippen LogP contribution in [0.4, 0.5) is 9.52 Å². The number of benzene rings is 3. The van der Waals surface area contributed by atoms with E-state index in [-0.39, 0.29) is 18.3 Å². The molecule has 0 aliphatic heterocycles. The Hall–Kier alpha value is -5.17. The van der Waals surface area contributed by atoms with Crippen LogP contribution in [0.15, 0.2) is 54.6 Å². The molecule has 3 aromatic carbocycles. The zero-order valence-electron chi connectivity index (χ0n) is 23.9. The summed E-state index contributed by atoms with van der Waals surface area (Å²) >= 11 is 1.22. The Balaban J connectivity index is 1.42. The van der Waals surface area contributed by atoms with Crippen LogP contribution >= 0.6 is 11.3 Å². The molecule has 0 saturated carbocycles. The van der Waals surface area contributed by atoms with Crippen LogP contribution in [0, 0.1) is 5.82 Å². The Labute approximate surface area is 249 Å². The van der Waals surface area contributed by atoms with E-state index in [4.69, 9.17) is 23.7 Å². The highest BCUT2D eigenvalue weighted by Gasteiger charge is 2.20. The highest BCUT2D eigenvalue weighted by atomic mass is 32.1. The van der Waals surface area contributed by atoms with Gasteiger partial charge in [-0.1, -0.05) is 11.3 Å². The predicted octanol–water partition coefficient (Wildman–Crippen LogP) is 5.68. The van der Waals surface area contributed by atoms with Gasteiger partial charge in [0.15, 0.2) is 34.7 Å². The van der Waals surface area contributed by atoms with E-state index in [1.165, 1.54) is 63.5 Å². The van der Waals surface area contributed by atoms with Crippen molar-refractivity contribution < 1.29 is 37.7 Å². The molecule has 43 heavy (non-hydrogen) atoms. The second-order valence-corrected chi connectivity index (χ2v) is 10.1. The lowest BCUT2D eigenvalue weighted by molar-refractivity contribution is -0.118. The van der Waals surface area contributed by atoms with Crippen molar-refractivity contribution in [3.05, 3.63) is 60.4 Å². The summed E-state index contributed by atoms with van der Waals surface area (Å²) < 4.78 is 43.1. The van der Waals surface area contributed by atoms with Crippen molar-refractivity contribution in [2.45, 2.75) is 6.92 Å². The number of rotatable bonds is 10. The molecule has 0 radical (unpaired) electrons. The van der Waals surface area contributed by atoms with Crippen LogP contribution in [0.5, 0.6) is 28.7 Å². The molecule has 2 heterocycles. The number of thiazole rings is 1. The Morgan fingerprint density at radius 1 is 0.860 bits per heavy atom. The average molecular weight is 607 g/mol. The highest BCUT2D eigenvalue weighted by Crippen LogP contribution is 2.42. The fourth-order valence-electron chi connectivity index (χ4n) is 4.40. The van der Waals surface area contributed by atoms with Gasteiger partial charge in [-0.05, 0) is 48.5 Å². The minimum absolute atomic E-state index is 0.271. The number of hydrogen-bond donors (Lipinski definition) is 1. The molecule has 1 amide bonds. The molecule has 0 atom stereocenters. The summed E-state index contributed by atoms with van der Waals surface area (Å²) in [6.45, 7) is 1.05. The van der Waals surface area contributed by atoms with Gasteiger partial charge in [0.25, 0.3) is 5.91 Å². The van der Waals surface area contributed by atoms with Gasteiger partial charge >= 0.3 is 0 Å². The number of fused-ring (bicyclic) bond motifs is 1. The fourth-order valence-corrected chi connectivity index (χ4v) is 5.26. The van der Waals surface area contributed by atoms with Crippen molar-refractivity contribution in [3.8, 4) is 51.3 Å². The molecular weight excluding hydrogens is 579 g/mol. The number of carbonyl (C=O) groups excluding carboxylic acids is 2. The van der Waals surface area contributed by atoms with Crippen LogP contribution in [-0.2, 0) is 4.79 Å². The summed E-state index contributed by atoms with van der Waals surface area (Å²) in [6.07, 6.45) is 0. The van der Waals surface area contributed by atoms with Gasteiger partial charge in [-0.15, -0.1) is 0 Å². The Morgan fingerprint density at radius 2 is 1.56 bits per heavy atom. The van der Waals surface area contributed by atoms with E-state index in [2.05, 4.69) is 15.4 Å². The number of halogens is 1. The Morgan fingerprint density at radius 3 is 2.21 bits per heavy atom. The van der Waals surface area contributed by atoms with Gasteiger partial charge in [-0.25, -0.2) is 9.37 Å².